The standard InChI is InChI=1S/C24H37N5O2/c1-2-25-24(26-13-12-23(30)27-20-10-6-7-11-20)29-17-21-22(18-29)31-15-14-28(21)16-19-8-4-3-5-9-19/h3-5,8-9,20-22H,2,6-7,10-18H2,1H3,(H,25,26)(H,27,30). The number of aliphatic imine (C=N–C) groups is 1. The zero-order valence-electron chi connectivity index (χ0n) is 18.8. The Morgan fingerprint density at radius 2 is 2.00 bits per heavy atom. The lowest BCUT2D eigenvalue weighted by Crippen LogP contribution is -2.50. The maximum Gasteiger partial charge on any atom is 0.222 e. The molecule has 0 aromatic heterocycles. The van der Waals surface area contributed by atoms with Gasteiger partial charge in [-0.15, -0.1) is 0 Å². The summed E-state index contributed by atoms with van der Waals surface area (Å²) in [5, 5.41) is 6.57. The van der Waals surface area contributed by atoms with E-state index < -0.39 is 0 Å². The molecule has 0 bridgehead atoms. The van der Waals surface area contributed by atoms with E-state index in [2.05, 4.69) is 57.7 Å². The molecule has 2 aliphatic heterocycles. The Morgan fingerprint density at radius 1 is 1.19 bits per heavy atom. The van der Waals surface area contributed by atoms with Crippen molar-refractivity contribution in [3.8, 4) is 0 Å². The SMILES string of the molecule is CCNC(=NCCC(=O)NC1CCCC1)N1CC2OCCN(Cc3ccccc3)C2C1. The summed E-state index contributed by atoms with van der Waals surface area (Å²) in [5.41, 5.74) is 1.34. The number of carbonyl (C=O) groups is 1. The number of carbonyl (C=O) groups excluding carboxylic acids is 1. The van der Waals surface area contributed by atoms with Gasteiger partial charge in [0, 0.05) is 45.2 Å². The molecule has 2 unspecified atom stereocenters. The average molecular weight is 428 g/mol. The zero-order valence-corrected chi connectivity index (χ0v) is 18.8. The van der Waals surface area contributed by atoms with Crippen LogP contribution < -0.4 is 10.6 Å². The maximum atomic E-state index is 12.2. The van der Waals surface area contributed by atoms with E-state index in [1.54, 1.807) is 0 Å². The van der Waals surface area contributed by atoms with Gasteiger partial charge >= 0.3 is 0 Å². The smallest absolute Gasteiger partial charge is 0.222 e. The van der Waals surface area contributed by atoms with E-state index in [-0.39, 0.29) is 12.0 Å². The summed E-state index contributed by atoms with van der Waals surface area (Å²) < 4.78 is 6.12. The Hall–Kier alpha value is -2.12. The minimum atomic E-state index is 0.124. The molecule has 31 heavy (non-hydrogen) atoms. The molecule has 4 rings (SSSR count). The molecule has 2 atom stereocenters. The first kappa shape index (κ1) is 22.1. The Morgan fingerprint density at radius 3 is 2.77 bits per heavy atom. The molecule has 2 heterocycles. The zero-order chi connectivity index (χ0) is 21.5. The van der Waals surface area contributed by atoms with Crippen LogP contribution in [0.15, 0.2) is 35.3 Å². The molecule has 1 aliphatic carbocycles. The molecule has 1 aromatic carbocycles. The Kier molecular flexibility index (Phi) is 7.81. The molecule has 170 valence electrons. The van der Waals surface area contributed by atoms with Gasteiger partial charge in [-0.1, -0.05) is 43.2 Å². The van der Waals surface area contributed by atoms with Gasteiger partial charge in [0.2, 0.25) is 5.91 Å². The predicted octanol–water partition coefficient (Wildman–Crippen LogP) is 1.99. The van der Waals surface area contributed by atoms with Crippen molar-refractivity contribution in [2.75, 3.05) is 39.3 Å². The lowest BCUT2D eigenvalue weighted by Gasteiger charge is -2.36. The summed E-state index contributed by atoms with van der Waals surface area (Å²) in [7, 11) is 0. The van der Waals surface area contributed by atoms with Crippen molar-refractivity contribution >= 4 is 11.9 Å². The van der Waals surface area contributed by atoms with Gasteiger partial charge in [-0.05, 0) is 25.3 Å². The van der Waals surface area contributed by atoms with Crippen molar-refractivity contribution in [2.24, 2.45) is 4.99 Å². The Labute approximate surface area is 186 Å². The largest absolute Gasteiger partial charge is 0.373 e. The molecule has 2 N–H and O–H groups in total. The van der Waals surface area contributed by atoms with Gasteiger partial charge in [0.1, 0.15) is 0 Å². The topological polar surface area (TPSA) is 69.2 Å². The molecule has 3 aliphatic rings. The normalized spacial score (nSPS) is 24.9. The third-order valence-corrected chi connectivity index (χ3v) is 6.60. The van der Waals surface area contributed by atoms with Crippen LogP contribution in [0.2, 0.25) is 0 Å². The molecule has 1 saturated carbocycles. The Bertz CT molecular complexity index is 735. The van der Waals surface area contributed by atoms with Gasteiger partial charge < -0.3 is 20.3 Å². The summed E-state index contributed by atoms with van der Waals surface area (Å²) in [5.74, 6) is 1.02. The predicted molar refractivity (Wildman–Crippen MR) is 123 cm³/mol. The summed E-state index contributed by atoms with van der Waals surface area (Å²) in [6.45, 7) is 7.84. The summed E-state index contributed by atoms with van der Waals surface area (Å²) in [6.07, 6.45) is 5.35. The van der Waals surface area contributed by atoms with Crippen LogP contribution in [-0.2, 0) is 16.1 Å². The first-order valence-electron chi connectivity index (χ1n) is 11.9. The third-order valence-electron chi connectivity index (χ3n) is 6.60. The number of nitrogens with zero attached hydrogens (tertiary/aromatic N) is 3. The number of ether oxygens (including phenoxy) is 1. The fourth-order valence-electron chi connectivity index (χ4n) is 5.00. The van der Waals surface area contributed by atoms with E-state index in [0.29, 0.717) is 25.0 Å². The maximum absolute atomic E-state index is 12.2. The highest BCUT2D eigenvalue weighted by atomic mass is 16.5. The van der Waals surface area contributed by atoms with Crippen LogP contribution in [0.1, 0.15) is 44.6 Å². The summed E-state index contributed by atoms with van der Waals surface area (Å²) in [4.78, 5) is 21.9. The Balaban J connectivity index is 1.32. The molecule has 3 fully saturated rings. The van der Waals surface area contributed by atoms with E-state index in [1.807, 2.05) is 0 Å². The number of amides is 1. The lowest BCUT2D eigenvalue weighted by atomic mass is 10.1. The molecule has 7 heteroatoms. The molecule has 1 aromatic rings. The number of morpholine rings is 1. The monoisotopic (exact) mass is 427 g/mol. The second-order valence-electron chi connectivity index (χ2n) is 8.87. The number of hydrogen-bond donors (Lipinski definition) is 2. The number of hydrogen-bond acceptors (Lipinski definition) is 4. The minimum absolute atomic E-state index is 0.124. The van der Waals surface area contributed by atoms with E-state index >= 15 is 0 Å². The van der Waals surface area contributed by atoms with Crippen LogP contribution in [0.4, 0.5) is 0 Å². The fourth-order valence-corrected chi connectivity index (χ4v) is 5.00. The summed E-state index contributed by atoms with van der Waals surface area (Å²) >= 11 is 0. The number of likely N-dealkylation sites (tertiary alicyclic amines) is 1. The van der Waals surface area contributed by atoms with Crippen LogP contribution in [0.3, 0.4) is 0 Å². The van der Waals surface area contributed by atoms with Gasteiger partial charge in [-0.3, -0.25) is 14.7 Å². The van der Waals surface area contributed by atoms with Gasteiger partial charge in [-0.2, -0.15) is 0 Å². The minimum Gasteiger partial charge on any atom is -0.373 e. The average Bonchev–Trinajstić information content (AvgIpc) is 3.44. The first-order valence-corrected chi connectivity index (χ1v) is 11.9. The van der Waals surface area contributed by atoms with Crippen molar-refractivity contribution < 1.29 is 9.53 Å². The van der Waals surface area contributed by atoms with Gasteiger partial charge in [0.05, 0.1) is 25.3 Å². The second kappa shape index (κ2) is 11.0. The van der Waals surface area contributed by atoms with Crippen LogP contribution in [0.25, 0.3) is 0 Å². The van der Waals surface area contributed by atoms with Crippen molar-refractivity contribution in [3.63, 3.8) is 0 Å². The molecule has 1 amide bonds. The number of nitrogens with one attached hydrogen (secondary N) is 2. The third kappa shape index (κ3) is 5.98. The van der Waals surface area contributed by atoms with E-state index in [9.17, 15) is 4.79 Å². The summed E-state index contributed by atoms with van der Waals surface area (Å²) in [6, 6.07) is 11.4. The van der Waals surface area contributed by atoms with Gasteiger partial charge in [0.25, 0.3) is 0 Å². The molecule has 7 nitrogen and oxygen atoms in total. The van der Waals surface area contributed by atoms with E-state index in [4.69, 9.17) is 9.73 Å². The molecule has 0 radical (unpaired) electrons. The molecule has 2 saturated heterocycles. The highest BCUT2D eigenvalue weighted by Crippen LogP contribution is 2.24. The molecular formula is C24H37N5O2. The number of fused-ring (bicyclic) bond motifs is 1. The van der Waals surface area contributed by atoms with E-state index in [0.717, 1.165) is 58.1 Å². The van der Waals surface area contributed by atoms with Crippen molar-refractivity contribution in [1.82, 2.24) is 20.4 Å². The van der Waals surface area contributed by atoms with Crippen molar-refractivity contribution in [1.29, 1.82) is 0 Å². The first-order chi connectivity index (χ1) is 15.2. The number of rotatable bonds is 7. The van der Waals surface area contributed by atoms with E-state index in [1.165, 1.54) is 18.4 Å². The molecular weight excluding hydrogens is 390 g/mol. The van der Waals surface area contributed by atoms with Crippen molar-refractivity contribution in [2.45, 2.75) is 63.8 Å². The highest BCUT2D eigenvalue weighted by molar-refractivity contribution is 5.81. The van der Waals surface area contributed by atoms with Crippen LogP contribution >= 0.6 is 0 Å². The van der Waals surface area contributed by atoms with Crippen LogP contribution in [0, 0.1) is 0 Å². The quantitative estimate of drug-likeness (QED) is 0.515. The number of benzene rings is 1. The highest BCUT2D eigenvalue weighted by Gasteiger charge is 2.41. The van der Waals surface area contributed by atoms with Gasteiger partial charge in [-0.25, -0.2) is 0 Å². The lowest BCUT2D eigenvalue weighted by molar-refractivity contribution is -0.121. The van der Waals surface area contributed by atoms with Crippen LogP contribution in [0.5, 0.6) is 0 Å². The number of guanidine groups is 1. The van der Waals surface area contributed by atoms with Crippen molar-refractivity contribution in [3.05, 3.63) is 35.9 Å². The molecule has 0 spiro atoms. The van der Waals surface area contributed by atoms with Crippen LogP contribution in [-0.4, -0.2) is 79.2 Å². The second-order valence-corrected chi connectivity index (χ2v) is 8.87. The van der Waals surface area contributed by atoms with Gasteiger partial charge in [0.15, 0.2) is 5.96 Å². The fraction of sp³-hybridized carbons (Fsp3) is 0.667.